The first-order valence-corrected chi connectivity index (χ1v) is 7.27. The van der Waals surface area contributed by atoms with Crippen LogP contribution in [0.1, 0.15) is 17.3 Å². The fourth-order valence-corrected chi connectivity index (χ4v) is 3.10. The van der Waals surface area contributed by atoms with Crippen LogP contribution in [0.2, 0.25) is 0 Å². The van der Waals surface area contributed by atoms with Crippen molar-refractivity contribution < 1.29 is 18.7 Å². The van der Waals surface area contributed by atoms with Crippen LogP contribution in [0.5, 0.6) is 5.75 Å². The summed E-state index contributed by atoms with van der Waals surface area (Å²) in [6.45, 7) is 0.626. The Morgan fingerprint density at radius 2 is 2.22 bits per heavy atom. The van der Waals surface area contributed by atoms with Crippen molar-refractivity contribution in [2.75, 3.05) is 13.2 Å². The lowest BCUT2D eigenvalue weighted by molar-refractivity contribution is 0.166. The fourth-order valence-electron chi connectivity index (χ4n) is 2.78. The minimum absolute atomic E-state index is 0. The molecule has 0 radical (unpaired) electrons. The molecule has 1 aliphatic heterocycles. The largest absolute Gasteiger partial charge is 0.488 e. The zero-order valence-corrected chi connectivity index (χ0v) is 13.6. The Balaban J connectivity index is 0.00000192. The maximum Gasteiger partial charge on any atom is 0.177 e. The van der Waals surface area contributed by atoms with Gasteiger partial charge in [0.1, 0.15) is 12.4 Å². The highest BCUT2D eigenvalue weighted by Crippen LogP contribution is 2.33. The Labute approximate surface area is 142 Å². The molecule has 0 aliphatic carbocycles. The van der Waals surface area contributed by atoms with Gasteiger partial charge >= 0.3 is 0 Å². The molecule has 5 nitrogen and oxygen atoms in total. The van der Waals surface area contributed by atoms with Crippen molar-refractivity contribution in [2.45, 2.75) is 18.9 Å². The predicted molar refractivity (Wildman–Crippen MR) is 85.0 cm³/mol. The third-order valence-electron chi connectivity index (χ3n) is 3.71. The molecule has 3 rings (SSSR count). The summed E-state index contributed by atoms with van der Waals surface area (Å²) in [7, 11) is 0. The number of hydroxylamine groups is 1. The molecule has 9 heteroatoms. The van der Waals surface area contributed by atoms with E-state index < -0.39 is 11.6 Å². The van der Waals surface area contributed by atoms with Crippen molar-refractivity contribution in [3.05, 3.63) is 46.0 Å². The molecule has 126 valence electrons. The lowest BCUT2D eigenvalue weighted by atomic mass is 10.0. The van der Waals surface area contributed by atoms with Crippen molar-refractivity contribution in [1.82, 2.24) is 15.0 Å². The molecular formula is C14H16ClF2N3O2S. The van der Waals surface area contributed by atoms with Crippen LogP contribution in [-0.2, 0) is 12.8 Å². The summed E-state index contributed by atoms with van der Waals surface area (Å²) >= 11 is 5.28. The highest BCUT2D eigenvalue weighted by atomic mass is 35.5. The highest BCUT2D eigenvalue weighted by Gasteiger charge is 2.26. The number of benzene rings is 1. The Hall–Kier alpha value is -1.48. The summed E-state index contributed by atoms with van der Waals surface area (Å²) in [6.07, 6.45) is 2.75. The van der Waals surface area contributed by atoms with Crippen molar-refractivity contribution in [1.29, 1.82) is 0 Å². The van der Waals surface area contributed by atoms with Gasteiger partial charge in [-0.15, -0.1) is 12.4 Å². The molecule has 1 aromatic heterocycles. The van der Waals surface area contributed by atoms with Gasteiger partial charge < -0.3 is 19.5 Å². The van der Waals surface area contributed by atoms with Crippen molar-refractivity contribution >= 4 is 24.6 Å². The number of imidazole rings is 1. The first-order chi connectivity index (χ1) is 10.6. The topological polar surface area (TPSA) is 62.2 Å². The average molecular weight is 364 g/mol. The van der Waals surface area contributed by atoms with Gasteiger partial charge in [-0.05, 0) is 18.3 Å². The lowest BCUT2D eigenvalue weighted by Gasteiger charge is -2.28. The summed E-state index contributed by atoms with van der Waals surface area (Å²) in [5.41, 5.74) is 3.47. The second-order valence-corrected chi connectivity index (χ2v) is 5.54. The van der Waals surface area contributed by atoms with Crippen LogP contribution in [0, 0.1) is 16.4 Å². The Kier molecular flexibility index (Phi) is 5.74. The first kappa shape index (κ1) is 17.9. The molecule has 0 saturated carbocycles. The van der Waals surface area contributed by atoms with Crippen molar-refractivity contribution in [3.63, 3.8) is 0 Å². The zero-order valence-electron chi connectivity index (χ0n) is 12.0. The van der Waals surface area contributed by atoms with E-state index in [1.165, 1.54) is 6.07 Å². The Morgan fingerprint density at radius 3 is 2.96 bits per heavy atom. The molecule has 1 aromatic carbocycles. The van der Waals surface area contributed by atoms with E-state index in [-0.39, 0.29) is 30.8 Å². The smallest absolute Gasteiger partial charge is 0.177 e. The molecule has 1 atom stereocenters. The van der Waals surface area contributed by atoms with E-state index in [4.69, 9.17) is 22.2 Å². The number of fused-ring (bicyclic) bond motifs is 1. The van der Waals surface area contributed by atoms with Crippen LogP contribution in [-0.4, -0.2) is 27.9 Å². The fraction of sp³-hybridized carbons (Fsp3) is 0.357. The van der Waals surface area contributed by atoms with Gasteiger partial charge in [0, 0.05) is 42.9 Å². The SMILES string of the molecule is Cl.ONCCc1c[nH]c(=S)n1[C@H]1COc2c(F)cc(F)cc2C1. The summed E-state index contributed by atoms with van der Waals surface area (Å²) < 4.78 is 34.9. The standard InChI is InChI=1S/C14H15F2N3O2S.ClH/c15-9-3-8-4-11(7-21-13(8)12(16)5-9)19-10(1-2-18-20)6-17-14(19)22;/h3,5-6,11,18,20H,1-2,4,7H2,(H,17,22);1H/t11-;/m1./s1. The van der Waals surface area contributed by atoms with Gasteiger partial charge in [0.25, 0.3) is 0 Å². The number of ether oxygens (including phenoxy) is 1. The summed E-state index contributed by atoms with van der Waals surface area (Å²) in [5, 5.41) is 8.72. The minimum Gasteiger partial charge on any atom is -0.488 e. The normalized spacial score (nSPS) is 16.4. The maximum absolute atomic E-state index is 13.7. The summed E-state index contributed by atoms with van der Waals surface area (Å²) in [6, 6.07) is 1.95. The van der Waals surface area contributed by atoms with Gasteiger partial charge in [0.2, 0.25) is 0 Å². The highest BCUT2D eigenvalue weighted by molar-refractivity contribution is 7.71. The number of aromatic amines is 1. The quantitative estimate of drug-likeness (QED) is 0.577. The summed E-state index contributed by atoms with van der Waals surface area (Å²) in [5.74, 6) is -1.20. The lowest BCUT2D eigenvalue weighted by Crippen LogP contribution is -2.27. The second kappa shape index (κ2) is 7.39. The Bertz CT molecular complexity index is 750. The van der Waals surface area contributed by atoms with Crippen LogP contribution in [0.25, 0.3) is 0 Å². The number of nitrogens with zero attached hydrogens (tertiary/aromatic N) is 1. The number of hydrogen-bond acceptors (Lipinski definition) is 4. The zero-order chi connectivity index (χ0) is 15.7. The molecule has 23 heavy (non-hydrogen) atoms. The van der Waals surface area contributed by atoms with E-state index in [0.717, 1.165) is 11.8 Å². The molecule has 0 saturated heterocycles. The molecule has 0 bridgehead atoms. The maximum atomic E-state index is 13.7. The minimum atomic E-state index is -0.684. The van der Waals surface area contributed by atoms with Gasteiger partial charge in [-0.3, -0.25) is 0 Å². The average Bonchev–Trinajstić information content (AvgIpc) is 2.85. The molecule has 3 N–H and O–H groups in total. The number of halogens is 3. The molecule has 0 unspecified atom stereocenters. The van der Waals surface area contributed by atoms with E-state index in [9.17, 15) is 8.78 Å². The van der Waals surface area contributed by atoms with Crippen LogP contribution in [0.15, 0.2) is 18.3 Å². The van der Waals surface area contributed by atoms with Crippen LogP contribution in [0.4, 0.5) is 8.78 Å². The third kappa shape index (κ3) is 3.55. The van der Waals surface area contributed by atoms with Gasteiger partial charge in [0.05, 0.1) is 6.04 Å². The number of H-pyrrole nitrogens is 1. The van der Waals surface area contributed by atoms with Gasteiger partial charge in [-0.1, -0.05) is 0 Å². The van der Waals surface area contributed by atoms with Crippen molar-refractivity contribution in [3.8, 4) is 5.75 Å². The van der Waals surface area contributed by atoms with E-state index in [0.29, 0.717) is 29.7 Å². The van der Waals surface area contributed by atoms with Crippen molar-refractivity contribution in [2.24, 2.45) is 0 Å². The number of aromatic nitrogens is 2. The van der Waals surface area contributed by atoms with Gasteiger partial charge in [-0.2, -0.15) is 0 Å². The molecule has 0 fully saturated rings. The van der Waals surface area contributed by atoms with E-state index in [2.05, 4.69) is 10.5 Å². The van der Waals surface area contributed by atoms with E-state index in [1.807, 2.05) is 4.57 Å². The number of nitrogens with one attached hydrogen (secondary N) is 2. The van der Waals surface area contributed by atoms with Gasteiger partial charge in [0.15, 0.2) is 16.3 Å². The molecule has 0 spiro atoms. The molecule has 2 aromatic rings. The molecule has 2 heterocycles. The van der Waals surface area contributed by atoms with Crippen LogP contribution >= 0.6 is 24.6 Å². The monoisotopic (exact) mass is 363 g/mol. The summed E-state index contributed by atoms with van der Waals surface area (Å²) in [4.78, 5) is 2.95. The van der Waals surface area contributed by atoms with Crippen LogP contribution < -0.4 is 10.2 Å². The second-order valence-electron chi connectivity index (χ2n) is 5.16. The van der Waals surface area contributed by atoms with Crippen LogP contribution in [0.3, 0.4) is 0 Å². The number of hydrogen-bond donors (Lipinski definition) is 3. The van der Waals surface area contributed by atoms with E-state index >= 15 is 0 Å². The predicted octanol–water partition coefficient (Wildman–Crippen LogP) is 2.94. The van der Waals surface area contributed by atoms with E-state index in [1.54, 1.807) is 6.20 Å². The Morgan fingerprint density at radius 1 is 1.43 bits per heavy atom. The number of rotatable bonds is 4. The van der Waals surface area contributed by atoms with Gasteiger partial charge in [-0.25, -0.2) is 14.3 Å². The molecular weight excluding hydrogens is 348 g/mol. The molecule has 1 aliphatic rings. The third-order valence-corrected chi connectivity index (χ3v) is 4.02. The first-order valence-electron chi connectivity index (χ1n) is 6.86. The molecule has 0 amide bonds.